The standard InChI is InChI=1S/C2N2.C2H6.H2S/c3-1-2-4;1-2;/h;1-2H3;1H2. The summed E-state index contributed by atoms with van der Waals surface area (Å²) < 4.78 is 0. The van der Waals surface area contributed by atoms with Gasteiger partial charge in [-0.3, -0.25) is 0 Å². The van der Waals surface area contributed by atoms with Gasteiger partial charge in [0, 0.05) is 0 Å². The zero-order valence-electron chi connectivity index (χ0n) is 4.39. The lowest BCUT2D eigenvalue weighted by Gasteiger charge is -1.16. The smallest absolute Gasteiger partial charge is 0.181 e. The Hall–Kier alpha value is -0.670. The lowest BCUT2D eigenvalue weighted by Crippen LogP contribution is -1.26. The van der Waals surface area contributed by atoms with E-state index in [1.165, 1.54) is 12.1 Å². The fourth-order valence-electron chi connectivity index (χ4n) is 0. The molecular weight excluding hydrogens is 108 g/mol. The van der Waals surface area contributed by atoms with Gasteiger partial charge in [-0.1, -0.05) is 13.8 Å². The van der Waals surface area contributed by atoms with Crippen molar-refractivity contribution in [3.8, 4) is 12.1 Å². The minimum Gasteiger partial charge on any atom is -0.197 e. The maximum absolute atomic E-state index is 7.26. The predicted molar refractivity (Wildman–Crippen MR) is 33.0 cm³/mol. The molecule has 0 amide bonds. The number of hydrogen-bond acceptors (Lipinski definition) is 2. The van der Waals surface area contributed by atoms with E-state index in [9.17, 15) is 0 Å². The molecule has 0 aliphatic rings. The maximum atomic E-state index is 7.26. The van der Waals surface area contributed by atoms with Crippen LogP contribution in [0, 0.1) is 22.7 Å². The third kappa shape index (κ3) is 543. The molecule has 0 radical (unpaired) electrons. The summed E-state index contributed by atoms with van der Waals surface area (Å²) in [6.07, 6.45) is 0. The topological polar surface area (TPSA) is 47.6 Å². The van der Waals surface area contributed by atoms with Crippen molar-refractivity contribution >= 4 is 13.5 Å². The fourth-order valence-corrected chi connectivity index (χ4v) is 0. The maximum Gasteiger partial charge on any atom is 0.181 e. The van der Waals surface area contributed by atoms with Crippen LogP contribution in [0.25, 0.3) is 0 Å². The van der Waals surface area contributed by atoms with E-state index in [1.807, 2.05) is 13.8 Å². The Balaban J connectivity index is -0.0000000480. The van der Waals surface area contributed by atoms with Gasteiger partial charge in [-0.15, -0.1) is 0 Å². The van der Waals surface area contributed by atoms with Gasteiger partial charge < -0.3 is 0 Å². The Bertz CT molecular complexity index is 64.7. The van der Waals surface area contributed by atoms with Crippen molar-refractivity contribution in [2.45, 2.75) is 13.8 Å². The van der Waals surface area contributed by atoms with Gasteiger partial charge in [-0.05, 0) is 0 Å². The highest BCUT2D eigenvalue weighted by molar-refractivity contribution is 7.59. The molecule has 0 unspecified atom stereocenters. The molecule has 0 aromatic heterocycles. The minimum atomic E-state index is 0. The number of rotatable bonds is 0. The highest BCUT2D eigenvalue weighted by Gasteiger charge is 1.39. The summed E-state index contributed by atoms with van der Waals surface area (Å²) in [6.45, 7) is 4.00. The van der Waals surface area contributed by atoms with E-state index in [4.69, 9.17) is 10.5 Å². The van der Waals surface area contributed by atoms with Gasteiger partial charge in [-0.25, -0.2) is 0 Å². The lowest BCUT2D eigenvalue weighted by molar-refractivity contribution is 1.49. The predicted octanol–water partition coefficient (Wildman–Crippen LogP) is 1.17. The molecule has 0 aromatic rings. The Morgan fingerprint density at radius 1 is 1.00 bits per heavy atom. The molecular formula is C4H8N2S. The molecule has 0 aliphatic heterocycles. The van der Waals surface area contributed by atoms with Gasteiger partial charge in [0.15, 0.2) is 12.1 Å². The molecule has 40 valence electrons. The van der Waals surface area contributed by atoms with Crippen LogP contribution in [0.15, 0.2) is 0 Å². The molecule has 0 bridgehead atoms. The summed E-state index contributed by atoms with van der Waals surface area (Å²) in [5, 5.41) is 14.5. The quantitative estimate of drug-likeness (QED) is 0.477. The first-order chi connectivity index (χ1) is 2.91. The molecule has 0 atom stereocenters. The summed E-state index contributed by atoms with van der Waals surface area (Å²) in [5.41, 5.74) is 0. The van der Waals surface area contributed by atoms with Crippen molar-refractivity contribution in [3.63, 3.8) is 0 Å². The second-order valence-electron chi connectivity index (χ2n) is 0.224. The average Bonchev–Trinajstić information content (AvgIpc) is 1.72. The molecule has 0 fully saturated rings. The summed E-state index contributed by atoms with van der Waals surface area (Å²) in [5.74, 6) is 0. The number of nitriles is 2. The molecule has 3 heteroatoms. The monoisotopic (exact) mass is 116 g/mol. The molecule has 0 aliphatic carbocycles. The summed E-state index contributed by atoms with van der Waals surface area (Å²) in [4.78, 5) is 0. The van der Waals surface area contributed by atoms with Crippen LogP contribution in [0.1, 0.15) is 13.8 Å². The van der Waals surface area contributed by atoms with Gasteiger partial charge in [0.1, 0.15) is 0 Å². The fraction of sp³-hybridized carbons (Fsp3) is 0.500. The third-order valence-corrected chi connectivity index (χ3v) is 0.0500. The molecule has 7 heavy (non-hydrogen) atoms. The highest BCUT2D eigenvalue weighted by Crippen LogP contribution is 1.27. The largest absolute Gasteiger partial charge is 0.197 e. The second kappa shape index (κ2) is 56.5. The molecule has 0 spiro atoms. The van der Waals surface area contributed by atoms with E-state index in [0.717, 1.165) is 0 Å². The van der Waals surface area contributed by atoms with E-state index in [-0.39, 0.29) is 13.5 Å². The highest BCUT2D eigenvalue weighted by atomic mass is 32.1. The Kier molecular flexibility index (Phi) is 131. The summed E-state index contributed by atoms with van der Waals surface area (Å²) in [6, 6.07) is 2.47. The Labute approximate surface area is 50.8 Å². The Morgan fingerprint density at radius 2 is 1.14 bits per heavy atom. The Morgan fingerprint density at radius 3 is 1.14 bits per heavy atom. The number of nitrogens with zero attached hydrogens (tertiary/aromatic N) is 2. The van der Waals surface area contributed by atoms with Gasteiger partial charge in [0.25, 0.3) is 0 Å². The van der Waals surface area contributed by atoms with Crippen LogP contribution < -0.4 is 0 Å². The van der Waals surface area contributed by atoms with Crippen molar-refractivity contribution in [2.24, 2.45) is 0 Å². The van der Waals surface area contributed by atoms with Crippen molar-refractivity contribution in [2.75, 3.05) is 0 Å². The van der Waals surface area contributed by atoms with Crippen LogP contribution in [0.3, 0.4) is 0 Å². The average molecular weight is 116 g/mol. The third-order valence-electron chi connectivity index (χ3n) is 0.0500. The molecule has 0 saturated heterocycles. The lowest BCUT2D eigenvalue weighted by atomic mass is 10.9. The van der Waals surface area contributed by atoms with Crippen LogP contribution in [0.2, 0.25) is 0 Å². The first-order valence-corrected chi connectivity index (χ1v) is 1.70. The SMILES string of the molecule is CC.N#CC#N.S. The molecule has 0 rings (SSSR count). The van der Waals surface area contributed by atoms with Crippen LogP contribution in [-0.2, 0) is 0 Å². The first kappa shape index (κ1) is 16.2. The first-order valence-electron chi connectivity index (χ1n) is 1.70. The molecule has 2 nitrogen and oxygen atoms in total. The molecule has 0 saturated carbocycles. The number of hydrogen-bond donors (Lipinski definition) is 0. The molecule has 0 aromatic carbocycles. The van der Waals surface area contributed by atoms with E-state index < -0.39 is 0 Å². The van der Waals surface area contributed by atoms with Crippen molar-refractivity contribution < 1.29 is 0 Å². The normalized spacial score (nSPS) is 2.29. The summed E-state index contributed by atoms with van der Waals surface area (Å²) in [7, 11) is 0. The van der Waals surface area contributed by atoms with Gasteiger partial charge in [0.05, 0.1) is 0 Å². The molecule has 0 heterocycles. The zero-order valence-corrected chi connectivity index (χ0v) is 5.39. The van der Waals surface area contributed by atoms with Crippen LogP contribution in [0.4, 0.5) is 0 Å². The second-order valence-corrected chi connectivity index (χ2v) is 0.224. The van der Waals surface area contributed by atoms with E-state index >= 15 is 0 Å². The van der Waals surface area contributed by atoms with Gasteiger partial charge in [0.2, 0.25) is 0 Å². The van der Waals surface area contributed by atoms with Crippen molar-refractivity contribution in [3.05, 3.63) is 0 Å². The van der Waals surface area contributed by atoms with Crippen molar-refractivity contribution in [1.29, 1.82) is 10.5 Å². The zero-order chi connectivity index (χ0) is 5.41. The van der Waals surface area contributed by atoms with Gasteiger partial charge in [-0.2, -0.15) is 24.0 Å². The minimum absolute atomic E-state index is 0. The van der Waals surface area contributed by atoms with E-state index in [1.54, 1.807) is 0 Å². The van der Waals surface area contributed by atoms with Crippen LogP contribution >= 0.6 is 13.5 Å². The van der Waals surface area contributed by atoms with E-state index in [0.29, 0.717) is 0 Å². The van der Waals surface area contributed by atoms with E-state index in [2.05, 4.69) is 0 Å². The van der Waals surface area contributed by atoms with Crippen LogP contribution in [-0.4, -0.2) is 0 Å². The molecule has 0 N–H and O–H groups in total. The summed E-state index contributed by atoms with van der Waals surface area (Å²) >= 11 is 0. The van der Waals surface area contributed by atoms with Crippen LogP contribution in [0.5, 0.6) is 0 Å². The van der Waals surface area contributed by atoms with Crippen molar-refractivity contribution in [1.82, 2.24) is 0 Å². The van der Waals surface area contributed by atoms with Gasteiger partial charge >= 0.3 is 0 Å².